The minimum Gasteiger partial charge on any atom is -0.545 e. The number of aromatic carboxylic acids is 2. The molecule has 0 saturated carbocycles. The first kappa shape index (κ1) is 112. The molecule has 0 bridgehead atoms. The second-order valence-electron chi connectivity index (χ2n) is 20.2. The Balaban J connectivity index is -0.000000180. The first-order valence-electron chi connectivity index (χ1n) is 30.3. The van der Waals surface area contributed by atoms with Crippen LogP contribution in [0.25, 0.3) is 43.6 Å². The largest absolute Gasteiger partial charge is 3.00 e. The zero-order valence-corrected chi connectivity index (χ0v) is 63.7. The fourth-order valence-electron chi connectivity index (χ4n) is 9.89. The Bertz CT molecular complexity index is 3830. The molecular weight excluding hydrogens is 1570 g/mol. The van der Waals surface area contributed by atoms with E-state index in [1.54, 1.807) is 75.8 Å². The summed E-state index contributed by atoms with van der Waals surface area (Å²) in [7, 11) is 2.00. The Morgan fingerprint density at radius 3 is 0.657 bits per heavy atom. The first-order valence-corrected chi connectivity index (χ1v) is 30.3. The van der Waals surface area contributed by atoms with E-state index < -0.39 is 25.0 Å². The molecule has 0 fully saturated rings. The second-order valence-corrected chi connectivity index (χ2v) is 20.2. The number of carboxylic acid groups (broad SMARTS) is 2. The van der Waals surface area contributed by atoms with Crippen molar-refractivity contribution < 1.29 is 119 Å². The molecule has 0 unspecified atom stereocenters. The Hall–Kier alpha value is -11.6. The number of fused-ring (bicyclic) bond motifs is 6. The van der Waals surface area contributed by atoms with E-state index in [9.17, 15) is 19.8 Å². The average Bonchev–Trinajstić information content (AvgIpc) is 1.57. The maximum absolute atomic E-state index is 10.2. The molecule has 0 aliphatic carbocycles. The molecule has 13 aromatic rings. The number of pyridine rings is 4. The van der Waals surface area contributed by atoms with Gasteiger partial charge in [0.25, 0.3) is 0 Å². The Labute approximate surface area is 669 Å². The van der Waals surface area contributed by atoms with E-state index in [4.69, 9.17) is 91.4 Å². The van der Waals surface area contributed by atoms with Crippen LogP contribution in [0, 0.1) is 82.8 Å². The number of aliphatic hydroxyl groups is 4. The number of hydrogen-bond acceptors (Lipinski definition) is 24. The zero-order valence-electron chi connectivity index (χ0n) is 59.6. The van der Waals surface area contributed by atoms with Crippen LogP contribution >= 0.6 is 0 Å². The van der Waals surface area contributed by atoms with Crippen molar-refractivity contribution >= 4 is 68.7 Å². The summed E-state index contributed by atoms with van der Waals surface area (Å²) in [5.74, 6) is -1.71. The van der Waals surface area contributed by atoms with Gasteiger partial charge in [-0.3, -0.25) is 19.9 Å². The van der Waals surface area contributed by atoms with Crippen molar-refractivity contribution in [3.8, 4) is 0 Å². The monoisotopic (exact) mass is 1650 g/mol. The van der Waals surface area contributed by atoms with Crippen molar-refractivity contribution in [2.45, 2.75) is 54.2 Å². The van der Waals surface area contributed by atoms with Crippen molar-refractivity contribution in [3.63, 3.8) is 0 Å². The van der Waals surface area contributed by atoms with Gasteiger partial charge >= 0.3 is 81.4 Å². The molecule has 0 saturated heterocycles. The van der Waals surface area contributed by atoms with E-state index in [1.807, 2.05) is 125 Å². The smallest absolute Gasteiger partial charge is 0.545 e. The van der Waals surface area contributed by atoms with Crippen LogP contribution in [0.15, 0.2) is 233 Å². The van der Waals surface area contributed by atoms with E-state index in [0.29, 0.717) is 11.8 Å². The summed E-state index contributed by atoms with van der Waals surface area (Å²) in [5, 5.41) is 118. The van der Waals surface area contributed by atoms with Crippen molar-refractivity contribution in [2.24, 2.45) is 11.8 Å². The number of rotatable bonds is 12. The van der Waals surface area contributed by atoms with Crippen molar-refractivity contribution in [3.05, 3.63) is 283 Å². The molecule has 8 N–H and O–H groups in total. The van der Waals surface area contributed by atoms with Crippen LogP contribution in [0.5, 0.6) is 0 Å². The number of aromatic nitrogens is 16. The van der Waals surface area contributed by atoms with E-state index in [2.05, 4.69) is 127 Å². The maximum Gasteiger partial charge on any atom is 3.00 e. The molecule has 108 heavy (non-hydrogen) atoms. The van der Waals surface area contributed by atoms with E-state index in [0.717, 1.165) is 94.7 Å². The van der Waals surface area contributed by atoms with E-state index in [-0.39, 0.29) is 104 Å². The molecule has 0 amide bonds. The summed E-state index contributed by atoms with van der Waals surface area (Å²) < 4.78 is 11.8. The normalized spacial score (nSPS) is 8.91. The number of nitrogens with zero attached hydrogens (tertiary/aromatic N) is 22. The molecule has 4 radical (unpaired) electrons. The van der Waals surface area contributed by atoms with Crippen LogP contribution in [-0.2, 0) is 68.3 Å². The van der Waals surface area contributed by atoms with Gasteiger partial charge in [0.1, 0.15) is 0 Å². The van der Waals surface area contributed by atoms with Crippen LogP contribution < -0.4 is 10.2 Å². The number of carbonyl (C=O) groups is 2. The fraction of sp³-hybridized carbons (Fsp3) is 0.200. The molecule has 0 atom stereocenters. The predicted octanol–water partition coefficient (Wildman–Crippen LogP) is 5.74. The Kier molecular flexibility index (Phi) is 70.0. The second kappa shape index (κ2) is 67.3. The maximum atomic E-state index is 10.2. The average molecular weight is 1650 g/mol. The van der Waals surface area contributed by atoms with Gasteiger partial charge in [0.15, 0.2) is 0 Å². The third-order valence-corrected chi connectivity index (χ3v) is 13.3. The molecule has 0 spiro atoms. The van der Waals surface area contributed by atoms with Crippen LogP contribution in [0.2, 0.25) is 12.6 Å². The van der Waals surface area contributed by atoms with Gasteiger partial charge in [-0.05, 0) is 123 Å². The minimum absolute atomic E-state index is 0. The SMILES string of the molecule is CC(C)C[B-](n1cccn1)(n1cccn1)n1cccn1.CC(C)C[B-](n1cccn1)(n1cccn1)n1cccn1.CCO.CCO.CO.CO.O.O.O=C([O-])c1ccc(C(=O)[O-])cc1.[C-]#N.[C-]#N.[C-]#N.[C-]#N.[C-]#N.[C-]#N.[Cu+2].[Cu+2].[Fe+3].[Fe+3].c1cnc2c(c1)ccc1cccnc12.c1cnc2c(c1)ccc1cccnc12. The van der Waals surface area contributed by atoms with Gasteiger partial charge in [-0.2, -0.15) is 0 Å². The van der Waals surface area contributed by atoms with Crippen molar-refractivity contribution in [2.75, 3.05) is 27.4 Å². The summed E-state index contributed by atoms with van der Waals surface area (Å²) in [6.07, 6.45) is 31.6. The van der Waals surface area contributed by atoms with Crippen molar-refractivity contribution in [1.82, 2.24) is 78.1 Å². The third kappa shape index (κ3) is 33.7. The predicted molar refractivity (Wildman–Crippen MR) is 385 cm³/mol. The Morgan fingerprint density at radius 1 is 0.361 bits per heavy atom. The number of hydrogen-bond donors (Lipinski definition) is 4. The molecule has 0 aliphatic heterocycles. The van der Waals surface area contributed by atoms with Gasteiger partial charge < -0.3 is 150 Å². The summed E-state index contributed by atoms with van der Waals surface area (Å²) >= 11 is 0. The molecule has 38 heteroatoms. The van der Waals surface area contributed by atoms with Gasteiger partial charge in [0, 0.05) is 111 Å². The standard InChI is InChI=1S/2C13H18BN6.2C12H8N2.C8H6O4.2C2H6O.6CN.2CH4O.2Cu.2Fe.2H2O/c2*1-13(2)12-14(18-9-3-6-15-18,19-10-4-7-16-19)20-11-5-8-17-20;2*1-3-9-5-6-10-4-2-8-14-12(10)11(9)13-7-1;9-7(10)5-1-2-6(4-3-5)8(11)12;2*1-2-3;8*1-2;;;;;;/h2*3-11,13H,12H2,1-2H3;2*1-8H;1-4H,(H,9,10)(H,11,12);2*3H,2H2,1H3;;;;;;;2*2H,1H3;;;;;2*1H2/q2*-1;;;;;;6*-1;;;2*+2;2*+3;;/p-2. The van der Waals surface area contributed by atoms with Crippen LogP contribution in [0.1, 0.15) is 62.3 Å². The molecule has 574 valence electrons. The van der Waals surface area contributed by atoms with Gasteiger partial charge in [-0.15, -0.1) is 12.6 Å². The van der Waals surface area contributed by atoms with Gasteiger partial charge in [-0.1, -0.05) is 112 Å². The molecule has 10 aromatic heterocycles. The summed E-state index contributed by atoms with van der Waals surface area (Å²) in [4.78, 5) is 37.8. The Morgan fingerprint density at radius 2 is 0.528 bits per heavy atom. The van der Waals surface area contributed by atoms with Gasteiger partial charge in [-0.25, -0.2) is 30.6 Å². The van der Waals surface area contributed by atoms with Crippen molar-refractivity contribution in [1.29, 1.82) is 31.6 Å². The third-order valence-electron chi connectivity index (χ3n) is 13.3. The molecular formula is C70H80B2Cu2Fe2N22O10. The van der Waals surface area contributed by atoms with Gasteiger partial charge in [0.2, 0.25) is 0 Å². The molecule has 10 heterocycles. The molecule has 3 aromatic carbocycles. The number of aliphatic hydroxyl groups excluding tert-OH is 4. The number of carboxylic acids is 2. The number of benzene rings is 3. The zero-order chi connectivity index (χ0) is 77.3. The minimum atomic E-state index is -1.41. The molecule has 0 aliphatic rings. The molecule has 13 rings (SSSR count). The summed E-state index contributed by atoms with van der Waals surface area (Å²) in [5.41, 5.74) is 3.80. The van der Waals surface area contributed by atoms with Crippen LogP contribution in [0.3, 0.4) is 0 Å². The fourth-order valence-corrected chi connectivity index (χ4v) is 9.89. The van der Waals surface area contributed by atoms with Crippen LogP contribution in [0.4, 0.5) is 0 Å². The van der Waals surface area contributed by atoms with Crippen LogP contribution in [-0.4, -0.2) is 162 Å². The summed E-state index contributed by atoms with van der Waals surface area (Å²) in [6, 6.07) is 40.5. The van der Waals surface area contributed by atoms with Gasteiger partial charge in [0.05, 0.1) is 34.0 Å². The molecule has 32 nitrogen and oxygen atoms in total. The van der Waals surface area contributed by atoms with E-state index in [1.165, 1.54) is 0 Å². The number of carbonyl (C=O) groups excluding carboxylic acids is 2. The topological polar surface area (TPSA) is 525 Å². The van der Waals surface area contributed by atoms with E-state index >= 15 is 0 Å². The summed E-state index contributed by atoms with van der Waals surface area (Å²) in [6.45, 7) is 38.3. The first-order chi connectivity index (χ1) is 49.8. The quantitative estimate of drug-likeness (QED) is 0.0643.